The number of methoxy groups -OCH3 is 1. The number of likely N-dealkylation sites (tertiary alicyclic amines) is 1. The number of aliphatic carboxylic acids is 1. The maximum absolute atomic E-state index is 13.0. The molecule has 2 amide bonds. The quantitative estimate of drug-likeness (QED) is 0.609. The molecule has 2 aliphatic rings. The molecule has 0 radical (unpaired) electrons. The summed E-state index contributed by atoms with van der Waals surface area (Å²) in [5.41, 5.74) is -1.19. The molecule has 2 saturated heterocycles. The van der Waals surface area contributed by atoms with Gasteiger partial charge in [-0.15, -0.1) is 0 Å². The van der Waals surface area contributed by atoms with E-state index in [2.05, 4.69) is 0 Å². The standard InChI is InChI=1S/C19H24N2O6/c1-4-5-8-21-16(23)13-14(17(21)24)19(2,18(25)26)20-15(13)11-7-6-10(27-3)9-12(11)22/h6-7,9,13-15,20,22H,4-5,8H2,1-3H3,(H,25,26)/t13-,14-,15-,19+/m0/s1. The number of carboxylic acids is 1. The number of phenolic OH excluding ortho intramolecular Hbond substituents is 1. The molecule has 0 aliphatic carbocycles. The Morgan fingerprint density at radius 1 is 1.37 bits per heavy atom. The molecule has 2 heterocycles. The summed E-state index contributed by atoms with van der Waals surface area (Å²) in [5.74, 6) is -3.82. The number of nitrogens with two attached hydrogens (primary N) is 1. The van der Waals surface area contributed by atoms with Gasteiger partial charge in [0.2, 0.25) is 11.8 Å². The highest BCUT2D eigenvalue weighted by Gasteiger charge is 2.68. The number of benzene rings is 1. The first-order valence-electron chi connectivity index (χ1n) is 9.05. The lowest BCUT2D eigenvalue weighted by atomic mass is 9.80. The van der Waals surface area contributed by atoms with Crippen LogP contribution in [-0.4, -0.2) is 47.0 Å². The van der Waals surface area contributed by atoms with Crippen molar-refractivity contribution in [1.29, 1.82) is 0 Å². The molecule has 0 bridgehead atoms. The second-order valence-corrected chi connectivity index (χ2v) is 7.37. The van der Waals surface area contributed by atoms with Crippen molar-refractivity contribution in [2.45, 2.75) is 38.3 Å². The van der Waals surface area contributed by atoms with Gasteiger partial charge in [-0.2, -0.15) is 0 Å². The average Bonchev–Trinajstić information content (AvgIpc) is 3.08. The summed E-state index contributed by atoms with van der Waals surface area (Å²) in [6.07, 6.45) is 1.46. The maximum atomic E-state index is 13.0. The fourth-order valence-corrected chi connectivity index (χ4v) is 4.27. The van der Waals surface area contributed by atoms with Gasteiger partial charge in [0.15, 0.2) is 0 Å². The van der Waals surface area contributed by atoms with Gasteiger partial charge in [0.05, 0.1) is 12.7 Å². The van der Waals surface area contributed by atoms with Crippen molar-refractivity contribution >= 4 is 17.8 Å². The maximum Gasteiger partial charge on any atom is 0.240 e. The number of ether oxygens (including phenoxy) is 1. The number of rotatable bonds is 6. The van der Waals surface area contributed by atoms with Crippen molar-refractivity contribution in [2.75, 3.05) is 13.7 Å². The third-order valence-corrected chi connectivity index (χ3v) is 5.77. The summed E-state index contributed by atoms with van der Waals surface area (Å²) in [5, 5.41) is 23.8. The number of imide groups is 1. The molecule has 3 N–H and O–H groups in total. The highest BCUT2D eigenvalue weighted by atomic mass is 16.5. The van der Waals surface area contributed by atoms with Crippen LogP contribution in [0.3, 0.4) is 0 Å². The Kier molecular flexibility index (Phi) is 4.86. The van der Waals surface area contributed by atoms with Gasteiger partial charge in [-0.3, -0.25) is 14.5 Å². The molecule has 0 aromatic heterocycles. The van der Waals surface area contributed by atoms with Gasteiger partial charge in [0.25, 0.3) is 0 Å². The highest BCUT2D eigenvalue weighted by molar-refractivity contribution is 6.08. The van der Waals surface area contributed by atoms with E-state index in [0.29, 0.717) is 17.7 Å². The first-order valence-corrected chi connectivity index (χ1v) is 9.05. The van der Waals surface area contributed by atoms with E-state index in [9.17, 15) is 24.6 Å². The Hall–Kier alpha value is -2.61. The van der Waals surface area contributed by atoms with Gasteiger partial charge in [0, 0.05) is 12.6 Å². The molecule has 0 unspecified atom stereocenters. The number of carbonyl (C=O) groups excluding carboxylic acids is 3. The average molecular weight is 376 g/mol. The van der Waals surface area contributed by atoms with Crippen LogP contribution in [0.5, 0.6) is 11.5 Å². The lowest BCUT2D eigenvalue weighted by molar-refractivity contribution is -0.735. The smallest absolute Gasteiger partial charge is 0.240 e. The van der Waals surface area contributed by atoms with Crippen molar-refractivity contribution < 1.29 is 34.7 Å². The number of unbranched alkanes of at least 4 members (excludes halogenated alkanes) is 1. The summed E-state index contributed by atoms with van der Waals surface area (Å²) >= 11 is 0. The molecule has 0 saturated carbocycles. The number of phenols is 1. The minimum atomic E-state index is -1.59. The monoisotopic (exact) mass is 376 g/mol. The predicted octanol–water partition coefficient (Wildman–Crippen LogP) is -1.07. The molecule has 8 nitrogen and oxygen atoms in total. The normalized spacial score (nSPS) is 29.9. The summed E-state index contributed by atoms with van der Waals surface area (Å²) in [6, 6.07) is 3.93. The van der Waals surface area contributed by atoms with Crippen molar-refractivity contribution in [3.8, 4) is 11.5 Å². The van der Waals surface area contributed by atoms with Crippen LogP contribution in [0.2, 0.25) is 0 Å². The third kappa shape index (κ3) is 2.84. The molecule has 8 heteroatoms. The highest BCUT2D eigenvalue weighted by Crippen LogP contribution is 2.45. The van der Waals surface area contributed by atoms with E-state index in [1.165, 1.54) is 30.3 Å². The number of carbonyl (C=O) groups is 3. The van der Waals surface area contributed by atoms with E-state index in [4.69, 9.17) is 4.74 Å². The Labute approximate surface area is 157 Å². The number of fused-ring (bicyclic) bond motifs is 1. The minimum absolute atomic E-state index is 0.107. The number of carboxylic acid groups (broad SMARTS) is 1. The van der Waals surface area contributed by atoms with Gasteiger partial charge in [-0.1, -0.05) is 13.3 Å². The minimum Gasteiger partial charge on any atom is -0.544 e. The van der Waals surface area contributed by atoms with E-state index >= 15 is 0 Å². The molecule has 1 aromatic rings. The van der Waals surface area contributed by atoms with E-state index in [0.717, 1.165) is 6.42 Å². The van der Waals surface area contributed by atoms with Crippen molar-refractivity contribution in [3.63, 3.8) is 0 Å². The second kappa shape index (κ2) is 6.84. The molecule has 0 spiro atoms. The van der Waals surface area contributed by atoms with Gasteiger partial charge in [0.1, 0.15) is 40.9 Å². The second-order valence-electron chi connectivity index (χ2n) is 7.37. The van der Waals surface area contributed by atoms with Crippen LogP contribution in [-0.2, 0) is 14.4 Å². The fourth-order valence-electron chi connectivity index (χ4n) is 4.27. The van der Waals surface area contributed by atoms with E-state index in [1.807, 2.05) is 6.92 Å². The SMILES string of the molecule is CCCCN1C(=O)[C@H]2[C@@H](C1=O)[C@](C)(C(=O)[O-])[NH2+][C@H]2c1ccc(OC)cc1O. The Morgan fingerprint density at radius 3 is 2.63 bits per heavy atom. The molecule has 3 rings (SSSR count). The molecular weight excluding hydrogens is 352 g/mol. The number of amides is 2. The molecule has 4 atom stereocenters. The number of hydrogen-bond acceptors (Lipinski definition) is 6. The molecular formula is C19H24N2O6. The van der Waals surface area contributed by atoms with E-state index in [-0.39, 0.29) is 18.2 Å². The van der Waals surface area contributed by atoms with Crippen LogP contribution >= 0.6 is 0 Å². The Balaban J connectivity index is 2.05. The van der Waals surface area contributed by atoms with Crippen LogP contribution in [0.1, 0.15) is 38.3 Å². The Bertz CT molecular complexity index is 794. The molecule has 2 fully saturated rings. The van der Waals surface area contributed by atoms with Gasteiger partial charge < -0.3 is 25.1 Å². The summed E-state index contributed by atoms with van der Waals surface area (Å²) < 4.78 is 5.07. The van der Waals surface area contributed by atoms with Crippen LogP contribution in [0.25, 0.3) is 0 Å². The topological polar surface area (TPSA) is 124 Å². The summed E-state index contributed by atoms with van der Waals surface area (Å²) in [4.78, 5) is 39.0. The zero-order chi connectivity index (χ0) is 19.9. The third-order valence-electron chi connectivity index (χ3n) is 5.77. The summed E-state index contributed by atoms with van der Waals surface area (Å²) in [7, 11) is 1.46. The zero-order valence-corrected chi connectivity index (χ0v) is 15.6. The van der Waals surface area contributed by atoms with Crippen molar-refractivity contribution in [3.05, 3.63) is 23.8 Å². The van der Waals surface area contributed by atoms with Gasteiger partial charge in [-0.05, 0) is 25.5 Å². The van der Waals surface area contributed by atoms with Gasteiger partial charge in [-0.25, -0.2) is 0 Å². The van der Waals surface area contributed by atoms with Crippen molar-refractivity contribution in [2.24, 2.45) is 11.8 Å². The number of aromatic hydroxyl groups is 1. The number of hydrogen-bond donors (Lipinski definition) is 2. The van der Waals surface area contributed by atoms with Crippen LogP contribution in [0.15, 0.2) is 18.2 Å². The zero-order valence-electron chi connectivity index (χ0n) is 15.6. The number of quaternary nitrogens is 1. The fraction of sp³-hybridized carbons (Fsp3) is 0.526. The van der Waals surface area contributed by atoms with Crippen LogP contribution in [0.4, 0.5) is 0 Å². The largest absolute Gasteiger partial charge is 0.544 e. The van der Waals surface area contributed by atoms with Crippen LogP contribution < -0.4 is 15.2 Å². The predicted molar refractivity (Wildman–Crippen MR) is 91.3 cm³/mol. The van der Waals surface area contributed by atoms with E-state index in [1.54, 1.807) is 12.1 Å². The number of nitrogens with zero attached hydrogens (tertiary/aromatic N) is 1. The Morgan fingerprint density at radius 2 is 2.07 bits per heavy atom. The summed E-state index contributed by atoms with van der Waals surface area (Å²) in [6.45, 7) is 3.63. The molecule has 2 aliphatic heterocycles. The van der Waals surface area contributed by atoms with E-state index < -0.39 is 35.3 Å². The lowest BCUT2D eigenvalue weighted by Crippen LogP contribution is -2.98. The first kappa shape index (κ1) is 19.2. The molecule has 146 valence electrons. The van der Waals surface area contributed by atoms with Gasteiger partial charge >= 0.3 is 0 Å². The van der Waals surface area contributed by atoms with Crippen LogP contribution in [0, 0.1) is 11.8 Å². The molecule has 27 heavy (non-hydrogen) atoms. The van der Waals surface area contributed by atoms with Crippen molar-refractivity contribution in [1.82, 2.24) is 4.90 Å². The lowest BCUT2D eigenvalue weighted by Gasteiger charge is -2.29. The molecule has 1 aromatic carbocycles. The first-order chi connectivity index (χ1) is 12.8.